The molecule has 0 heterocycles. The zero-order valence-electron chi connectivity index (χ0n) is 29.1. The second kappa shape index (κ2) is 12.8. The van der Waals surface area contributed by atoms with Gasteiger partial charge in [-0.15, -0.1) is 0 Å². The fourth-order valence-corrected chi connectivity index (χ4v) is 8.50. The van der Waals surface area contributed by atoms with E-state index in [0.717, 1.165) is 55.1 Å². The van der Waals surface area contributed by atoms with Crippen molar-refractivity contribution in [3.8, 4) is 6.07 Å². The standard InChI is InChI=1S/C46H33N5Si/c1-48-38-16-7-10-19-43(38)50(34-14-12-15-35(29-34)52(3,4)5)41-27-23-31-22-26-37-42(28-24-32-21-25-36(41)45(31)46(32)37)51(40-18-9-6-13-33(40)30-47)44-20-11-8-17-39(44)49-2/h6-29H,3-5H3. The van der Waals surface area contributed by atoms with E-state index in [4.69, 9.17) is 13.1 Å². The molecule has 0 unspecified atom stereocenters. The maximum Gasteiger partial charge on any atom is 0.210 e. The molecule has 0 spiro atoms. The van der Waals surface area contributed by atoms with Gasteiger partial charge in [-0.05, 0) is 70.1 Å². The van der Waals surface area contributed by atoms with E-state index in [0.29, 0.717) is 28.3 Å². The molecule has 0 aliphatic heterocycles. The lowest BCUT2D eigenvalue weighted by atomic mass is 9.91. The fourth-order valence-electron chi connectivity index (χ4n) is 7.33. The summed E-state index contributed by atoms with van der Waals surface area (Å²) in [6.07, 6.45) is 0. The molecule has 8 aromatic carbocycles. The highest BCUT2D eigenvalue weighted by molar-refractivity contribution is 6.88. The highest BCUT2D eigenvalue weighted by Crippen LogP contribution is 2.49. The molecule has 0 bridgehead atoms. The normalized spacial score (nSPS) is 11.3. The number of rotatable bonds is 7. The van der Waals surface area contributed by atoms with Gasteiger partial charge in [0.2, 0.25) is 11.4 Å². The average molecular weight is 684 g/mol. The summed E-state index contributed by atoms with van der Waals surface area (Å²) in [5.74, 6) is 0. The minimum Gasteiger partial charge on any atom is -0.320 e. The molecule has 0 amide bonds. The van der Waals surface area contributed by atoms with Gasteiger partial charge < -0.3 is 9.80 Å². The summed E-state index contributed by atoms with van der Waals surface area (Å²) in [7, 11) is -1.66. The van der Waals surface area contributed by atoms with Crippen molar-refractivity contribution in [2.45, 2.75) is 19.6 Å². The van der Waals surface area contributed by atoms with Crippen LogP contribution in [-0.4, -0.2) is 8.07 Å². The minimum absolute atomic E-state index is 0.498. The van der Waals surface area contributed by atoms with Gasteiger partial charge in [0.05, 0.1) is 55.2 Å². The zero-order valence-corrected chi connectivity index (χ0v) is 30.1. The molecule has 0 aliphatic rings. The van der Waals surface area contributed by atoms with Crippen molar-refractivity contribution in [1.82, 2.24) is 0 Å². The minimum atomic E-state index is -1.66. The largest absolute Gasteiger partial charge is 0.320 e. The molecule has 52 heavy (non-hydrogen) atoms. The lowest BCUT2D eigenvalue weighted by Crippen LogP contribution is -2.37. The fraction of sp³-hybridized carbons (Fsp3) is 0.0652. The van der Waals surface area contributed by atoms with E-state index in [1.54, 1.807) is 0 Å². The SMILES string of the molecule is [C-]#[N+]c1ccccc1N(c1cccc([Si](C)(C)C)c1)c1ccc2ccc3c(N(c4ccccc4C#N)c4ccccc4[N+]#[C-])ccc4ccc1c2c43. The van der Waals surface area contributed by atoms with Crippen LogP contribution in [-0.2, 0) is 0 Å². The number of anilines is 6. The van der Waals surface area contributed by atoms with Crippen molar-refractivity contribution in [2.24, 2.45) is 0 Å². The van der Waals surface area contributed by atoms with Gasteiger partial charge in [0.15, 0.2) is 0 Å². The van der Waals surface area contributed by atoms with Crippen molar-refractivity contribution < 1.29 is 0 Å². The second-order valence-corrected chi connectivity index (χ2v) is 19.0. The Morgan fingerprint density at radius 1 is 0.519 bits per heavy atom. The van der Waals surface area contributed by atoms with Gasteiger partial charge in [-0.25, -0.2) is 9.69 Å². The third-order valence-corrected chi connectivity index (χ3v) is 11.9. The molecular weight excluding hydrogens is 651 g/mol. The topological polar surface area (TPSA) is 39.0 Å². The molecule has 8 rings (SSSR count). The van der Waals surface area contributed by atoms with Crippen LogP contribution in [0.3, 0.4) is 0 Å². The first-order chi connectivity index (χ1) is 25.3. The zero-order chi connectivity index (χ0) is 36.0. The van der Waals surface area contributed by atoms with Crippen LogP contribution in [0.4, 0.5) is 45.5 Å². The van der Waals surface area contributed by atoms with Crippen molar-refractivity contribution in [1.29, 1.82) is 5.26 Å². The molecule has 0 aliphatic carbocycles. The molecule has 0 fully saturated rings. The van der Waals surface area contributed by atoms with Crippen molar-refractivity contribution in [3.63, 3.8) is 0 Å². The average Bonchev–Trinajstić information content (AvgIpc) is 3.18. The van der Waals surface area contributed by atoms with Crippen LogP contribution in [0, 0.1) is 24.5 Å². The molecule has 0 atom stereocenters. The molecule has 5 nitrogen and oxygen atoms in total. The molecule has 246 valence electrons. The summed E-state index contributed by atoms with van der Waals surface area (Å²) in [5, 5.41) is 18.1. The molecule has 6 heteroatoms. The van der Waals surface area contributed by atoms with Gasteiger partial charge in [0.1, 0.15) is 6.07 Å². The summed E-state index contributed by atoms with van der Waals surface area (Å²) in [6.45, 7) is 23.2. The van der Waals surface area contributed by atoms with E-state index in [1.165, 1.54) is 5.19 Å². The predicted molar refractivity (Wildman–Crippen MR) is 220 cm³/mol. The first kappa shape index (κ1) is 32.3. The highest BCUT2D eigenvalue weighted by atomic mass is 28.3. The Morgan fingerprint density at radius 2 is 1.02 bits per heavy atom. The van der Waals surface area contributed by atoms with Gasteiger partial charge in [-0.2, -0.15) is 5.26 Å². The molecule has 8 aromatic rings. The van der Waals surface area contributed by atoms with E-state index >= 15 is 0 Å². The smallest absolute Gasteiger partial charge is 0.210 e. The predicted octanol–water partition coefficient (Wildman–Crippen LogP) is 13.0. The Kier molecular flexibility index (Phi) is 7.93. The summed E-state index contributed by atoms with van der Waals surface area (Å²) in [5.41, 5.74) is 6.73. The lowest BCUT2D eigenvalue weighted by Gasteiger charge is -2.31. The van der Waals surface area contributed by atoms with Crippen LogP contribution in [0.1, 0.15) is 5.56 Å². The van der Waals surface area contributed by atoms with Crippen molar-refractivity contribution in [3.05, 3.63) is 174 Å². The summed E-state index contributed by atoms with van der Waals surface area (Å²) >= 11 is 0. The van der Waals surface area contributed by atoms with Crippen LogP contribution in [0.5, 0.6) is 0 Å². The van der Waals surface area contributed by atoms with Crippen LogP contribution in [0.15, 0.2) is 146 Å². The molecule has 0 radical (unpaired) electrons. The number of hydrogen-bond acceptors (Lipinski definition) is 3. The summed E-state index contributed by atoms with van der Waals surface area (Å²) < 4.78 is 0. The van der Waals surface area contributed by atoms with Crippen LogP contribution < -0.4 is 15.0 Å². The number of benzene rings is 8. The number of hydrogen-bond donors (Lipinski definition) is 0. The Balaban J connectivity index is 1.45. The van der Waals surface area contributed by atoms with E-state index in [9.17, 15) is 5.26 Å². The first-order valence-electron chi connectivity index (χ1n) is 17.2. The van der Waals surface area contributed by atoms with E-state index in [-0.39, 0.29) is 0 Å². The quantitative estimate of drug-likeness (QED) is 0.0953. The third kappa shape index (κ3) is 5.29. The number of nitriles is 1. The van der Waals surface area contributed by atoms with Crippen LogP contribution in [0.25, 0.3) is 42.0 Å². The van der Waals surface area contributed by atoms with Crippen LogP contribution >= 0.6 is 0 Å². The van der Waals surface area contributed by atoms with E-state index < -0.39 is 8.07 Å². The Bertz CT molecular complexity index is 2740. The number of nitrogens with zero attached hydrogens (tertiary/aromatic N) is 5. The van der Waals surface area contributed by atoms with Gasteiger partial charge in [-0.1, -0.05) is 122 Å². The summed E-state index contributed by atoms with van der Waals surface area (Å²) in [6, 6.07) is 51.4. The third-order valence-electron chi connectivity index (χ3n) is 9.82. The monoisotopic (exact) mass is 683 g/mol. The lowest BCUT2D eigenvalue weighted by molar-refractivity contribution is 1.29. The van der Waals surface area contributed by atoms with Crippen molar-refractivity contribution >= 4 is 91.1 Å². The first-order valence-corrected chi connectivity index (χ1v) is 20.7. The molecule has 0 saturated heterocycles. The Hall–Kier alpha value is -6.91. The van der Waals surface area contributed by atoms with Crippen molar-refractivity contribution in [2.75, 3.05) is 9.80 Å². The van der Waals surface area contributed by atoms with Gasteiger partial charge >= 0.3 is 0 Å². The van der Waals surface area contributed by atoms with Gasteiger partial charge in [0, 0.05) is 16.5 Å². The Labute approximate surface area is 304 Å². The molecule has 0 saturated carbocycles. The highest BCUT2D eigenvalue weighted by Gasteiger charge is 2.25. The summed E-state index contributed by atoms with van der Waals surface area (Å²) in [4.78, 5) is 12.1. The molecule has 0 N–H and O–H groups in total. The maximum absolute atomic E-state index is 10.2. The van der Waals surface area contributed by atoms with Gasteiger partial charge in [-0.3, -0.25) is 0 Å². The second-order valence-electron chi connectivity index (χ2n) is 13.9. The molecule has 0 aromatic heterocycles. The van der Waals surface area contributed by atoms with Gasteiger partial charge in [0.25, 0.3) is 0 Å². The van der Waals surface area contributed by atoms with Crippen LogP contribution in [0.2, 0.25) is 19.6 Å². The molecular formula is C46H33N5Si. The maximum atomic E-state index is 10.2. The van der Waals surface area contributed by atoms with E-state index in [2.05, 4.69) is 118 Å². The number of para-hydroxylation sites is 5. The Morgan fingerprint density at radius 3 is 1.58 bits per heavy atom. The van der Waals surface area contributed by atoms with E-state index in [1.807, 2.05) is 72.8 Å².